The molecule has 1 N–H and O–H groups in total. The zero-order chi connectivity index (χ0) is 15.0. The van der Waals surface area contributed by atoms with Gasteiger partial charge in [-0.05, 0) is 56.2 Å². The summed E-state index contributed by atoms with van der Waals surface area (Å²) in [6, 6.07) is 10.2. The molecule has 2 atom stereocenters. The summed E-state index contributed by atoms with van der Waals surface area (Å²) in [6.07, 6.45) is 6.32. The second kappa shape index (κ2) is 5.95. The second-order valence-corrected chi connectivity index (χ2v) is 7.41. The van der Waals surface area contributed by atoms with Gasteiger partial charge in [0, 0.05) is 6.54 Å². The third kappa shape index (κ3) is 2.60. The first-order valence-electron chi connectivity index (χ1n) is 8.87. The van der Waals surface area contributed by atoms with Crippen molar-refractivity contribution < 1.29 is 9.84 Å². The Hall–Kier alpha value is -0.900. The average Bonchev–Trinajstić information content (AvgIpc) is 2.53. The molecule has 1 aliphatic carbocycles. The van der Waals surface area contributed by atoms with Crippen LogP contribution in [0.2, 0.25) is 0 Å². The van der Waals surface area contributed by atoms with Gasteiger partial charge in [-0.1, -0.05) is 36.8 Å². The highest BCUT2D eigenvalue weighted by Crippen LogP contribution is 2.43. The van der Waals surface area contributed by atoms with Gasteiger partial charge < -0.3 is 14.7 Å². The molecule has 0 amide bonds. The van der Waals surface area contributed by atoms with E-state index in [1.807, 2.05) is 18.2 Å². The van der Waals surface area contributed by atoms with Gasteiger partial charge in [-0.2, -0.15) is 0 Å². The van der Waals surface area contributed by atoms with E-state index in [2.05, 4.69) is 17.0 Å². The molecule has 5 rings (SSSR count). The smallest absolute Gasteiger partial charge is 0.116 e. The lowest BCUT2D eigenvalue weighted by Gasteiger charge is -2.47. The Morgan fingerprint density at radius 1 is 1.09 bits per heavy atom. The lowest BCUT2D eigenvalue weighted by molar-refractivity contribution is -0.155. The number of hydrogen-bond donors (Lipinski definition) is 1. The fraction of sp³-hybridized carbons (Fsp3) is 0.684. The van der Waals surface area contributed by atoms with E-state index in [4.69, 9.17) is 4.74 Å². The normalized spacial score (nSPS) is 34.1. The minimum atomic E-state index is -0.800. The Labute approximate surface area is 133 Å². The predicted octanol–water partition coefficient (Wildman–Crippen LogP) is 2.79. The number of benzene rings is 1. The Morgan fingerprint density at radius 3 is 2.36 bits per heavy atom. The first kappa shape index (κ1) is 14.7. The van der Waals surface area contributed by atoms with Crippen LogP contribution in [-0.4, -0.2) is 42.4 Å². The van der Waals surface area contributed by atoms with Crippen molar-refractivity contribution in [1.29, 1.82) is 0 Å². The minimum absolute atomic E-state index is 0.317. The first-order chi connectivity index (χ1) is 10.8. The van der Waals surface area contributed by atoms with Crippen LogP contribution in [0.15, 0.2) is 30.3 Å². The van der Waals surface area contributed by atoms with Crippen LogP contribution in [0.4, 0.5) is 0 Å². The number of fused-ring (bicyclic) bond motifs is 3. The lowest BCUT2D eigenvalue weighted by Crippen LogP contribution is -2.53. The molecule has 3 heteroatoms. The van der Waals surface area contributed by atoms with Crippen LogP contribution in [0.5, 0.6) is 0 Å². The molecule has 3 heterocycles. The number of nitrogens with zero attached hydrogens (tertiary/aromatic N) is 1. The standard InChI is InChI=1S/C19H27NO2/c21-19(17-7-4-8-17,16-5-2-1-3-6-16)14-22-18-13-20-11-9-15(18)10-12-20/h1-3,5-6,15,17-18,21H,4,7-14H2/t18-,19+/m0/s1. The van der Waals surface area contributed by atoms with E-state index in [1.54, 1.807) is 0 Å². The summed E-state index contributed by atoms with van der Waals surface area (Å²) in [6.45, 7) is 3.98. The number of rotatable bonds is 5. The van der Waals surface area contributed by atoms with Crippen LogP contribution in [0.3, 0.4) is 0 Å². The van der Waals surface area contributed by atoms with Crippen molar-refractivity contribution >= 4 is 0 Å². The van der Waals surface area contributed by atoms with Crippen LogP contribution in [0.1, 0.15) is 37.7 Å². The molecule has 1 aromatic rings. The molecule has 0 spiro atoms. The van der Waals surface area contributed by atoms with E-state index >= 15 is 0 Å². The molecule has 3 aliphatic heterocycles. The number of ether oxygens (including phenoxy) is 1. The minimum Gasteiger partial charge on any atom is -0.382 e. The predicted molar refractivity (Wildman–Crippen MR) is 86.6 cm³/mol. The first-order valence-corrected chi connectivity index (χ1v) is 8.87. The summed E-state index contributed by atoms with van der Waals surface area (Å²) < 4.78 is 6.30. The summed E-state index contributed by atoms with van der Waals surface area (Å²) >= 11 is 0. The fourth-order valence-corrected chi connectivity index (χ4v) is 4.38. The van der Waals surface area contributed by atoms with Gasteiger partial charge in [-0.3, -0.25) is 0 Å². The molecular formula is C19H27NO2. The summed E-state index contributed by atoms with van der Waals surface area (Å²) in [4.78, 5) is 2.51. The zero-order valence-corrected chi connectivity index (χ0v) is 13.3. The number of aliphatic hydroxyl groups is 1. The molecule has 22 heavy (non-hydrogen) atoms. The molecular weight excluding hydrogens is 274 g/mol. The fourth-order valence-electron chi connectivity index (χ4n) is 4.38. The van der Waals surface area contributed by atoms with Gasteiger partial charge in [0.15, 0.2) is 0 Å². The van der Waals surface area contributed by atoms with Gasteiger partial charge in [0.2, 0.25) is 0 Å². The van der Waals surface area contributed by atoms with E-state index in [0.717, 1.165) is 24.9 Å². The van der Waals surface area contributed by atoms with Crippen LogP contribution in [0.25, 0.3) is 0 Å². The lowest BCUT2D eigenvalue weighted by atomic mass is 9.70. The highest BCUT2D eigenvalue weighted by molar-refractivity contribution is 5.24. The van der Waals surface area contributed by atoms with Gasteiger partial charge in [0.1, 0.15) is 5.60 Å². The summed E-state index contributed by atoms with van der Waals surface area (Å²) in [5.41, 5.74) is 0.229. The largest absolute Gasteiger partial charge is 0.382 e. The summed E-state index contributed by atoms with van der Waals surface area (Å²) in [5.74, 6) is 1.06. The molecule has 120 valence electrons. The van der Waals surface area contributed by atoms with Crippen molar-refractivity contribution in [1.82, 2.24) is 4.90 Å². The van der Waals surface area contributed by atoms with Crippen molar-refractivity contribution in [3.8, 4) is 0 Å². The highest BCUT2D eigenvalue weighted by atomic mass is 16.5. The maximum Gasteiger partial charge on any atom is 0.116 e. The molecule has 1 saturated carbocycles. The SMILES string of the molecule is O[C@](CO[C@H]1CN2CCC1CC2)(c1ccccc1)C1CCC1. The van der Waals surface area contributed by atoms with Crippen molar-refractivity contribution in [3.63, 3.8) is 0 Å². The molecule has 4 aliphatic rings. The van der Waals surface area contributed by atoms with Crippen LogP contribution < -0.4 is 0 Å². The Bertz CT molecular complexity index is 493. The van der Waals surface area contributed by atoms with E-state index in [9.17, 15) is 5.11 Å². The third-order valence-electron chi connectivity index (χ3n) is 6.17. The Morgan fingerprint density at radius 2 is 1.82 bits per heavy atom. The molecule has 2 bridgehead atoms. The quantitative estimate of drug-likeness (QED) is 0.908. The molecule has 1 aromatic carbocycles. The van der Waals surface area contributed by atoms with Gasteiger partial charge in [0.05, 0.1) is 12.7 Å². The second-order valence-electron chi connectivity index (χ2n) is 7.41. The average molecular weight is 301 g/mol. The number of piperidine rings is 3. The zero-order valence-electron chi connectivity index (χ0n) is 13.3. The van der Waals surface area contributed by atoms with Crippen LogP contribution in [-0.2, 0) is 10.3 Å². The third-order valence-corrected chi connectivity index (χ3v) is 6.17. The van der Waals surface area contributed by atoms with E-state index in [0.29, 0.717) is 24.5 Å². The monoisotopic (exact) mass is 301 g/mol. The van der Waals surface area contributed by atoms with Crippen molar-refractivity contribution in [2.24, 2.45) is 11.8 Å². The van der Waals surface area contributed by atoms with Gasteiger partial charge in [-0.25, -0.2) is 0 Å². The molecule has 4 fully saturated rings. The molecule has 0 unspecified atom stereocenters. The van der Waals surface area contributed by atoms with Crippen LogP contribution in [0, 0.1) is 11.8 Å². The number of hydrogen-bond acceptors (Lipinski definition) is 3. The van der Waals surface area contributed by atoms with Gasteiger partial charge >= 0.3 is 0 Å². The topological polar surface area (TPSA) is 32.7 Å². The van der Waals surface area contributed by atoms with Crippen molar-refractivity contribution in [3.05, 3.63) is 35.9 Å². The maximum atomic E-state index is 11.4. The van der Waals surface area contributed by atoms with Gasteiger partial charge in [0.25, 0.3) is 0 Å². The van der Waals surface area contributed by atoms with E-state index in [-0.39, 0.29) is 0 Å². The molecule has 0 aromatic heterocycles. The Kier molecular flexibility index (Phi) is 3.97. The highest BCUT2D eigenvalue weighted by Gasteiger charge is 2.43. The van der Waals surface area contributed by atoms with Crippen molar-refractivity contribution in [2.75, 3.05) is 26.2 Å². The summed E-state index contributed by atoms with van der Waals surface area (Å²) in [5, 5.41) is 11.4. The Balaban J connectivity index is 1.47. The molecule has 3 nitrogen and oxygen atoms in total. The molecule has 0 radical (unpaired) electrons. The maximum absolute atomic E-state index is 11.4. The van der Waals surface area contributed by atoms with E-state index in [1.165, 1.54) is 32.4 Å². The summed E-state index contributed by atoms with van der Waals surface area (Å²) in [7, 11) is 0. The van der Waals surface area contributed by atoms with Gasteiger partial charge in [-0.15, -0.1) is 0 Å². The molecule has 3 saturated heterocycles. The van der Waals surface area contributed by atoms with Crippen molar-refractivity contribution in [2.45, 2.75) is 43.8 Å². The van der Waals surface area contributed by atoms with E-state index < -0.39 is 5.60 Å². The van der Waals surface area contributed by atoms with Crippen LogP contribution >= 0.6 is 0 Å².